The van der Waals surface area contributed by atoms with Crippen molar-refractivity contribution in [3.63, 3.8) is 0 Å². The van der Waals surface area contributed by atoms with Gasteiger partial charge < -0.3 is 15.7 Å². The molecular weight excluding hydrogens is 512 g/mol. The van der Waals surface area contributed by atoms with Crippen molar-refractivity contribution in [3.8, 4) is 0 Å². The molecule has 6 nitrogen and oxygen atoms in total. The van der Waals surface area contributed by atoms with Crippen molar-refractivity contribution in [2.75, 3.05) is 20.1 Å². The van der Waals surface area contributed by atoms with Crippen molar-refractivity contribution >= 4 is 17.7 Å². The largest absolute Gasteiger partial charge is 0.481 e. The minimum Gasteiger partial charge on any atom is -0.481 e. The number of carbonyl (C=O) groups excluding carboxylic acids is 2. The normalized spacial score (nSPS) is 44.4. The molecule has 230 valence electrons. The minimum atomic E-state index is -0.638. The number of aliphatic carboxylic acids is 1. The third kappa shape index (κ3) is 4.31. The molecule has 3 N–H and O–H groups in total. The van der Waals surface area contributed by atoms with Gasteiger partial charge in [-0.1, -0.05) is 60.1 Å². The Morgan fingerprint density at radius 2 is 1.61 bits per heavy atom. The summed E-state index contributed by atoms with van der Waals surface area (Å²) in [6, 6.07) is 0. The molecule has 41 heavy (non-hydrogen) atoms. The first-order valence-electron chi connectivity index (χ1n) is 16.4. The molecule has 1 amide bonds. The van der Waals surface area contributed by atoms with E-state index in [0.29, 0.717) is 18.9 Å². The van der Waals surface area contributed by atoms with Crippen LogP contribution in [0.5, 0.6) is 0 Å². The lowest BCUT2D eigenvalue weighted by molar-refractivity contribution is -0.195. The van der Waals surface area contributed by atoms with Gasteiger partial charge in [0.25, 0.3) is 0 Å². The molecule has 0 bridgehead atoms. The predicted molar refractivity (Wildman–Crippen MR) is 162 cm³/mol. The molecule has 0 radical (unpaired) electrons. The number of carboxylic acid groups (broad SMARTS) is 1. The van der Waals surface area contributed by atoms with Crippen molar-refractivity contribution in [1.82, 2.24) is 10.6 Å². The lowest BCUT2D eigenvalue weighted by Crippen LogP contribution is -2.66. The van der Waals surface area contributed by atoms with Crippen LogP contribution in [0.2, 0.25) is 0 Å². The number of Topliss-reactive ketones (excluding diaryl/α,β-unsaturated/α-hetero) is 1. The topological polar surface area (TPSA) is 95.5 Å². The molecule has 5 aliphatic rings. The second-order valence-corrected chi connectivity index (χ2v) is 16.8. The highest BCUT2D eigenvalue weighted by Crippen LogP contribution is 2.75. The number of allylic oxidation sites excluding steroid dienone is 2. The molecule has 5 aliphatic carbocycles. The smallest absolute Gasteiger partial charge is 0.310 e. The van der Waals surface area contributed by atoms with Crippen LogP contribution >= 0.6 is 0 Å². The molecule has 0 aromatic carbocycles. The Morgan fingerprint density at radius 1 is 0.927 bits per heavy atom. The van der Waals surface area contributed by atoms with Crippen molar-refractivity contribution in [3.05, 3.63) is 11.6 Å². The highest BCUT2D eigenvalue weighted by atomic mass is 16.4. The molecule has 4 fully saturated rings. The minimum absolute atomic E-state index is 0.00112. The first-order valence-corrected chi connectivity index (χ1v) is 16.4. The van der Waals surface area contributed by atoms with E-state index in [1.165, 1.54) is 5.57 Å². The molecule has 4 saturated carbocycles. The number of hydrogen-bond acceptors (Lipinski definition) is 4. The molecule has 0 aromatic heterocycles. The van der Waals surface area contributed by atoms with Crippen LogP contribution in [0.25, 0.3) is 0 Å². The van der Waals surface area contributed by atoms with E-state index in [4.69, 9.17) is 0 Å². The van der Waals surface area contributed by atoms with E-state index in [1.54, 1.807) is 0 Å². The average Bonchev–Trinajstić information content (AvgIpc) is 2.88. The fourth-order valence-electron chi connectivity index (χ4n) is 11.4. The van der Waals surface area contributed by atoms with Crippen LogP contribution in [-0.4, -0.2) is 42.9 Å². The Kier molecular flexibility index (Phi) is 7.44. The fourth-order valence-corrected chi connectivity index (χ4v) is 11.4. The van der Waals surface area contributed by atoms with E-state index < -0.39 is 22.7 Å². The van der Waals surface area contributed by atoms with Crippen molar-refractivity contribution < 1.29 is 19.5 Å². The summed E-state index contributed by atoms with van der Waals surface area (Å²) in [6.45, 7) is 17.6. The number of ketones is 1. The average molecular weight is 569 g/mol. The van der Waals surface area contributed by atoms with Gasteiger partial charge in [0.05, 0.1) is 11.3 Å². The van der Waals surface area contributed by atoms with Gasteiger partial charge in [-0.3, -0.25) is 14.4 Å². The zero-order valence-corrected chi connectivity index (χ0v) is 27.0. The van der Waals surface area contributed by atoms with Gasteiger partial charge in [0.15, 0.2) is 5.78 Å². The second-order valence-electron chi connectivity index (χ2n) is 16.8. The number of hydrogen-bond donors (Lipinski definition) is 3. The third-order valence-electron chi connectivity index (χ3n) is 14.0. The summed E-state index contributed by atoms with van der Waals surface area (Å²) in [4.78, 5) is 40.3. The highest BCUT2D eigenvalue weighted by Gasteiger charge is 2.70. The van der Waals surface area contributed by atoms with Crippen LogP contribution in [0, 0.1) is 56.2 Å². The fraction of sp³-hybridized carbons (Fsp3) is 0.857. The zero-order chi connectivity index (χ0) is 30.2. The summed E-state index contributed by atoms with van der Waals surface area (Å²) in [5.74, 6) is -0.511. The molecule has 4 unspecified atom stereocenters. The molecular formula is C35H56N2O4. The SMILES string of the molecule is CNCCCNC(=O)C1C[C@@]2(C)C(CC[C@]3(C)C2CC=C2C4CC(C)(C)CC[C@]4(C(=O)O)CC[C@]23C)C(C)(C)C1=O. The number of fused-ring (bicyclic) bond motifs is 7. The second kappa shape index (κ2) is 9.92. The van der Waals surface area contributed by atoms with Gasteiger partial charge in [-0.2, -0.15) is 0 Å². The van der Waals surface area contributed by atoms with Crippen LogP contribution in [-0.2, 0) is 14.4 Å². The summed E-state index contributed by atoms with van der Waals surface area (Å²) >= 11 is 0. The Balaban J connectivity index is 1.52. The van der Waals surface area contributed by atoms with Crippen LogP contribution in [0.15, 0.2) is 11.6 Å². The molecule has 0 aliphatic heterocycles. The maximum absolute atomic E-state index is 13.9. The Labute approximate surface area is 248 Å². The Bertz CT molecular complexity index is 1140. The number of carbonyl (C=O) groups is 3. The van der Waals surface area contributed by atoms with Gasteiger partial charge in [-0.05, 0) is 117 Å². The first-order chi connectivity index (χ1) is 19.0. The van der Waals surface area contributed by atoms with Gasteiger partial charge in [0.1, 0.15) is 0 Å². The lowest BCUT2D eigenvalue weighted by Gasteiger charge is -2.70. The quantitative estimate of drug-likeness (QED) is 0.196. The summed E-state index contributed by atoms with van der Waals surface area (Å²) in [7, 11) is 1.91. The zero-order valence-electron chi connectivity index (χ0n) is 27.0. The van der Waals surface area contributed by atoms with Crippen LogP contribution < -0.4 is 10.6 Å². The molecule has 0 saturated heterocycles. The molecule has 6 heteroatoms. The summed E-state index contributed by atoms with van der Waals surface area (Å²) in [5, 5.41) is 16.8. The van der Waals surface area contributed by atoms with E-state index in [2.05, 4.69) is 65.2 Å². The third-order valence-corrected chi connectivity index (χ3v) is 14.0. The Hall–Kier alpha value is -1.69. The van der Waals surface area contributed by atoms with Gasteiger partial charge in [-0.15, -0.1) is 0 Å². The summed E-state index contributed by atoms with van der Waals surface area (Å²) in [5.41, 5.74) is 0.160. The monoisotopic (exact) mass is 568 g/mol. The van der Waals surface area contributed by atoms with Crippen LogP contribution in [0.1, 0.15) is 113 Å². The van der Waals surface area contributed by atoms with Gasteiger partial charge >= 0.3 is 5.97 Å². The molecule has 8 atom stereocenters. The number of carboxylic acids is 1. The summed E-state index contributed by atoms with van der Waals surface area (Å²) in [6.07, 6.45) is 11.2. The maximum atomic E-state index is 13.9. The number of nitrogens with one attached hydrogen (secondary N) is 2. The summed E-state index contributed by atoms with van der Waals surface area (Å²) < 4.78 is 0. The van der Waals surface area contributed by atoms with Gasteiger partial charge in [0, 0.05) is 12.0 Å². The van der Waals surface area contributed by atoms with Crippen molar-refractivity contribution in [2.24, 2.45) is 56.2 Å². The van der Waals surface area contributed by atoms with Gasteiger partial charge in [-0.25, -0.2) is 0 Å². The molecule has 0 spiro atoms. The molecule has 5 rings (SSSR count). The van der Waals surface area contributed by atoms with Crippen LogP contribution in [0.4, 0.5) is 0 Å². The van der Waals surface area contributed by atoms with E-state index in [-0.39, 0.29) is 45.2 Å². The number of amides is 1. The van der Waals surface area contributed by atoms with Crippen molar-refractivity contribution in [2.45, 2.75) is 113 Å². The predicted octanol–water partition coefficient (Wildman–Crippen LogP) is 6.39. The standard InChI is InChI=1S/C35H56N2O4/c1-30(2)14-16-35(29(40)41)17-15-33(6)23(24(35)21-30)10-11-26-32(5)20-22(28(39)37-19-9-18-36-8)27(38)31(3,4)25(32)12-13-34(26,33)7/h10,22,24-26,36H,9,11-21H2,1-8H3,(H,37,39)(H,40,41)/t22?,24?,25?,26?,32-,33+,34+,35-/m0/s1. The van der Waals surface area contributed by atoms with Crippen molar-refractivity contribution in [1.29, 1.82) is 0 Å². The Morgan fingerprint density at radius 3 is 2.27 bits per heavy atom. The van der Waals surface area contributed by atoms with Gasteiger partial charge in [0.2, 0.25) is 5.91 Å². The maximum Gasteiger partial charge on any atom is 0.310 e. The lowest BCUT2D eigenvalue weighted by atomic mass is 9.33. The van der Waals surface area contributed by atoms with E-state index in [1.807, 2.05) is 7.05 Å². The van der Waals surface area contributed by atoms with Crippen LogP contribution in [0.3, 0.4) is 0 Å². The first kappa shape index (κ1) is 30.8. The number of rotatable bonds is 6. The van der Waals surface area contributed by atoms with E-state index in [0.717, 1.165) is 64.3 Å². The highest BCUT2D eigenvalue weighted by molar-refractivity contribution is 6.04. The molecule has 0 aromatic rings. The van der Waals surface area contributed by atoms with E-state index in [9.17, 15) is 19.5 Å². The molecule has 0 heterocycles. The van der Waals surface area contributed by atoms with E-state index >= 15 is 0 Å².